The molecular weight excluding hydrogens is 248 g/mol. The summed E-state index contributed by atoms with van der Waals surface area (Å²) in [4.78, 5) is 24.4. The highest BCUT2D eigenvalue weighted by Crippen LogP contribution is 2.07. The van der Waals surface area contributed by atoms with Crippen LogP contribution in [0.1, 0.15) is 27.7 Å². The minimum Gasteiger partial charge on any atom is -0.444 e. The minimum absolute atomic E-state index is 0.202. The molecule has 0 aliphatic carbocycles. The number of alkyl carbamates (subject to hydrolysis) is 1. The molecule has 0 bridgehead atoms. The fourth-order valence-electron chi connectivity index (χ4n) is 1.20. The fraction of sp³-hybridized carbons (Fsp3) is 0.667. The number of hydrogen-bond donors (Lipinski definition) is 1. The fourth-order valence-corrected chi connectivity index (χ4v) is 1.20. The summed E-state index contributed by atoms with van der Waals surface area (Å²) in [6, 6.07) is 2.72. The van der Waals surface area contributed by atoms with Crippen molar-refractivity contribution < 1.29 is 14.3 Å². The molecule has 0 aromatic carbocycles. The number of hydrogen-bond acceptors (Lipinski definition) is 5. The Morgan fingerprint density at radius 1 is 1.26 bits per heavy atom. The normalized spacial score (nSPS) is 11.7. The van der Waals surface area contributed by atoms with E-state index in [1.54, 1.807) is 32.9 Å². The lowest BCUT2D eigenvalue weighted by molar-refractivity contribution is -0.131. The summed E-state index contributed by atoms with van der Waals surface area (Å²) in [6.07, 6.45) is -0.720. The lowest BCUT2D eigenvalue weighted by Gasteiger charge is -2.24. The van der Waals surface area contributed by atoms with Crippen LogP contribution in [0.3, 0.4) is 0 Å². The maximum Gasteiger partial charge on any atom is 0.408 e. The number of ether oxygens (including phenoxy) is 1. The molecule has 19 heavy (non-hydrogen) atoms. The second-order valence-electron chi connectivity index (χ2n) is 4.88. The van der Waals surface area contributed by atoms with Gasteiger partial charge in [-0.2, -0.15) is 10.5 Å². The third-order valence-electron chi connectivity index (χ3n) is 1.94. The van der Waals surface area contributed by atoms with E-state index in [9.17, 15) is 9.59 Å². The number of nitrogens with one attached hydrogen (secondary N) is 1. The zero-order valence-corrected chi connectivity index (χ0v) is 11.6. The second kappa shape index (κ2) is 7.22. The molecule has 0 saturated heterocycles. The van der Waals surface area contributed by atoms with E-state index in [0.29, 0.717) is 0 Å². The van der Waals surface area contributed by atoms with Gasteiger partial charge in [0, 0.05) is 0 Å². The monoisotopic (exact) mass is 266 g/mol. The van der Waals surface area contributed by atoms with Gasteiger partial charge < -0.3 is 15.0 Å². The Hall–Kier alpha value is -2.28. The summed E-state index contributed by atoms with van der Waals surface area (Å²) in [6.45, 7) is 6.18. The first-order valence-electron chi connectivity index (χ1n) is 5.73. The van der Waals surface area contributed by atoms with E-state index in [2.05, 4.69) is 5.32 Å². The van der Waals surface area contributed by atoms with Crippen LogP contribution in [0, 0.1) is 22.7 Å². The van der Waals surface area contributed by atoms with Crippen LogP contribution in [-0.2, 0) is 9.53 Å². The Morgan fingerprint density at radius 3 is 2.11 bits per heavy atom. The lowest BCUT2D eigenvalue weighted by Crippen LogP contribution is -2.48. The van der Waals surface area contributed by atoms with Gasteiger partial charge in [-0.25, -0.2) is 4.79 Å². The molecule has 0 saturated carbocycles. The first-order valence-corrected chi connectivity index (χ1v) is 5.73. The molecule has 0 heterocycles. The number of nitrogens with zero attached hydrogens (tertiary/aromatic N) is 3. The van der Waals surface area contributed by atoms with Crippen LogP contribution in [0.5, 0.6) is 0 Å². The predicted molar refractivity (Wildman–Crippen MR) is 66.6 cm³/mol. The van der Waals surface area contributed by atoms with Gasteiger partial charge >= 0.3 is 6.09 Å². The van der Waals surface area contributed by atoms with Crippen LogP contribution in [0.25, 0.3) is 0 Å². The van der Waals surface area contributed by atoms with Crippen LogP contribution < -0.4 is 5.32 Å². The summed E-state index contributed by atoms with van der Waals surface area (Å²) >= 11 is 0. The molecule has 7 nitrogen and oxygen atoms in total. The van der Waals surface area contributed by atoms with Gasteiger partial charge in [0.2, 0.25) is 5.91 Å². The second-order valence-corrected chi connectivity index (χ2v) is 4.88. The molecule has 7 heteroatoms. The molecule has 0 spiro atoms. The standard InChI is InChI=1S/C12H18N4O3/c1-9(15-11(18)19-12(2,3)4)10(17)16(7-5-13)8-6-14/h9H,7-8H2,1-4H3,(H,15,18)/t9-/m1/s1. The highest BCUT2D eigenvalue weighted by atomic mass is 16.6. The number of carbonyl (C=O) groups is 2. The van der Waals surface area contributed by atoms with Crippen molar-refractivity contribution in [3.63, 3.8) is 0 Å². The number of nitriles is 2. The van der Waals surface area contributed by atoms with Crippen molar-refractivity contribution >= 4 is 12.0 Å². The highest BCUT2D eigenvalue weighted by Gasteiger charge is 2.24. The van der Waals surface area contributed by atoms with Crippen LogP contribution in [0.2, 0.25) is 0 Å². The van der Waals surface area contributed by atoms with E-state index < -0.39 is 23.6 Å². The van der Waals surface area contributed by atoms with E-state index in [0.717, 1.165) is 4.90 Å². The van der Waals surface area contributed by atoms with E-state index in [4.69, 9.17) is 15.3 Å². The maximum atomic E-state index is 11.9. The molecule has 1 atom stereocenters. The van der Waals surface area contributed by atoms with Crippen molar-refractivity contribution in [3.8, 4) is 12.1 Å². The highest BCUT2D eigenvalue weighted by molar-refractivity contribution is 5.85. The van der Waals surface area contributed by atoms with Gasteiger partial charge in [-0.3, -0.25) is 4.79 Å². The minimum atomic E-state index is -0.864. The van der Waals surface area contributed by atoms with Gasteiger partial charge in [0.25, 0.3) is 0 Å². The molecule has 0 aromatic rings. The van der Waals surface area contributed by atoms with Gasteiger partial charge in [-0.15, -0.1) is 0 Å². The van der Waals surface area contributed by atoms with Crippen molar-refractivity contribution in [2.75, 3.05) is 13.1 Å². The molecule has 0 unspecified atom stereocenters. The molecule has 0 radical (unpaired) electrons. The Bertz CT molecular complexity index is 398. The first-order chi connectivity index (χ1) is 8.71. The number of rotatable bonds is 4. The van der Waals surface area contributed by atoms with E-state index in [-0.39, 0.29) is 13.1 Å². The van der Waals surface area contributed by atoms with Crippen LogP contribution in [0.4, 0.5) is 4.79 Å². The molecular formula is C12H18N4O3. The van der Waals surface area contributed by atoms with Crippen LogP contribution in [-0.4, -0.2) is 41.6 Å². The maximum absolute atomic E-state index is 11.9. The van der Waals surface area contributed by atoms with Crippen molar-refractivity contribution in [3.05, 3.63) is 0 Å². The molecule has 0 aliphatic heterocycles. The summed E-state index contributed by atoms with van der Waals surface area (Å²) in [5, 5.41) is 19.5. The molecule has 2 amide bonds. The van der Waals surface area contributed by atoms with Gasteiger partial charge in [0.05, 0.1) is 12.1 Å². The van der Waals surface area contributed by atoms with E-state index >= 15 is 0 Å². The smallest absolute Gasteiger partial charge is 0.408 e. The Kier molecular flexibility index (Phi) is 6.35. The van der Waals surface area contributed by atoms with E-state index in [1.807, 2.05) is 0 Å². The summed E-state index contributed by atoms with van der Waals surface area (Å²) in [5.41, 5.74) is -0.661. The predicted octanol–water partition coefficient (Wildman–Crippen LogP) is 0.775. The van der Waals surface area contributed by atoms with Gasteiger partial charge in [-0.1, -0.05) is 0 Å². The van der Waals surface area contributed by atoms with Gasteiger partial charge in [0.1, 0.15) is 24.7 Å². The van der Waals surface area contributed by atoms with Crippen molar-refractivity contribution in [2.24, 2.45) is 0 Å². The summed E-state index contributed by atoms with van der Waals surface area (Å²) in [5.74, 6) is -0.506. The average Bonchev–Trinajstić information content (AvgIpc) is 2.25. The molecule has 0 fully saturated rings. The largest absolute Gasteiger partial charge is 0.444 e. The quantitative estimate of drug-likeness (QED) is 0.756. The number of carbonyl (C=O) groups excluding carboxylic acids is 2. The zero-order valence-electron chi connectivity index (χ0n) is 11.6. The molecule has 0 aliphatic rings. The van der Waals surface area contributed by atoms with Gasteiger partial charge in [0.15, 0.2) is 0 Å². The summed E-state index contributed by atoms with van der Waals surface area (Å²) in [7, 11) is 0. The van der Waals surface area contributed by atoms with Crippen molar-refractivity contribution in [2.45, 2.75) is 39.3 Å². The van der Waals surface area contributed by atoms with Crippen molar-refractivity contribution in [1.29, 1.82) is 10.5 Å². The lowest BCUT2D eigenvalue weighted by atomic mass is 10.2. The van der Waals surface area contributed by atoms with E-state index in [1.165, 1.54) is 6.92 Å². The first kappa shape index (κ1) is 16.7. The molecule has 1 N–H and O–H groups in total. The van der Waals surface area contributed by atoms with Crippen LogP contribution in [0.15, 0.2) is 0 Å². The van der Waals surface area contributed by atoms with Crippen LogP contribution >= 0.6 is 0 Å². The topological polar surface area (TPSA) is 106 Å². The Labute approximate surface area is 112 Å². The van der Waals surface area contributed by atoms with Crippen molar-refractivity contribution in [1.82, 2.24) is 10.2 Å². The number of amides is 2. The zero-order chi connectivity index (χ0) is 15.1. The Balaban J connectivity index is 4.52. The van der Waals surface area contributed by atoms with Gasteiger partial charge in [-0.05, 0) is 27.7 Å². The third kappa shape index (κ3) is 6.89. The summed E-state index contributed by atoms with van der Waals surface area (Å²) < 4.78 is 5.01. The molecule has 0 rings (SSSR count). The SMILES string of the molecule is C[C@@H](NC(=O)OC(C)(C)C)C(=O)N(CC#N)CC#N. The molecule has 104 valence electrons. The third-order valence-corrected chi connectivity index (χ3v) is 1.94. The molecule has 0 aromatic heterocycles. The Morgan fingerprint density at radius 2 is 1.74 bits per heavy atom. The average molecular weight is 266 g/mol.